The molecule has 0 aliphatic carbocycles. The second-order valence-corrected chi connectivity index (χ2v) is 5.40. The molecule has 0 saturated carbocycles. The van der Waals surface area contributed by atoms with Crippen molar-refractivity contribution in [1.82, 2.24) is 9.97 Å². The summed E-state index contributed by atoms with van der Waals surface area (Å²) in [6.45, 7) is 0. The highest BCUT2D eigenvalue weighted by atomic mass is 14.8. The van der Waals surface area contributed by atoms with Crippen molar-refractivity contribution in [2.24, 2.45) is 0 Å². The summed E-state index contributed by atoms with van der Waals surface area (Å²) >= 11 is 0. The van der Waals surface area contributed by atoms with E-state index in [0.29, 0.717) is 0 Å². The van der Waals surface area contributed by atoms with Crippen LogP contribution >= 0.6 is 0 Å². The Morgan fingerprint density at radius 3 is 2.38 bits per heavy atom. The minimum atomic E-state index is 1.06. The number of aromatic amines is 1. The molecule has 0 aliphatic heterocycles. The maximum atomic E-state index is 4.72. The zero-order chi connectivity index (χ0) is 13.8. The summed E-state index contributed by atoms with van der Waals surface area (Å²) in [6.07, 6.45) is 1.96. The van der Waals surface area contributed by atoms with Gasteiger partial charge in [-0.1, -0.05) is 54.6 Å². The van der Waals surface area contributed by atoms with Crippen LogP contribution in [-0.4, -0.2) is 9.97 Å². The summed E-state index contributed by atoms with van der Waals surface area (Å²) in [4.78, 5) is 8.27. The van der Waals surface area contributed by atoms with Crippen molar-refractivity contribution >= 4 is 43.5 Å². The maximum Gasteiger partial charge on any atom is 0.0970 e. The Labute approximate surface area is 121 Å². The molecule has 98 valence electrons. The highest BCUT2D eigenvalue weighted by molar-refractivity contribution is 6.22. The average molecular weight is 268 g/mol. The summed E-state index contributed by atoms with van der Waals surface area (Å²) in [7, 11) is 0. The van der Waals surface area contributed by atoms with E-state index in [-0.39, 0.29) is 0 Å². The van der Waals surface area contributed by atoms with Gasteiger partial charge in [0, 0.05) is 27.9 Å². The SMILES string of the molecule is c1ccc2c(c1)cnc1c2[nH]c2ccc3ccccc3c21. The summed E-state index contributed by atoms with van der Waals surface area (Å²) in [5.74, 6) is 0. The zero-order valence-electron chi connectivity index (χ0n) is 11.3. The average Bonchev–Trinajstić information content (AvgIpc) is 2.94. The lowest BCUT2D eigenvalue weighted by atomic mass is 10.1. The molecule has 0 fully saturated rings. The molecule has 0 amide bonds. The van der Waals surface area contributed by atoms with Crippen molar-refractivity contribution in [3.05, 3.63) is 66.9 Å². The van der Waals surface area contributed by atoms with Crippen LogP contribution in [0.4, 0.5) is 0 Å². The van der Waals surface area contributed by atoms with Gasteiger partial charge in [0.05, 0.1) is 11.0 Å². The molecule has 0 radical (unpaired) electrons. The van der Waals surface area contributed by atoms with Gasteiger partial charge in [0.25, 0.3) is 0 Å². The Bertz CT molecular complexity index is 1140. The standard InChI is InChI=1S/C19H12N2/c1-3-7-14-12(5-1)9-10-16-17(14)19-18(21-16)15-8-4-2-6-13(15)11-20-19/h1-11,21H. The van der Waals surface area contributed by atoms with Crippen molar-refractivity contribution in [3.63, 3.8) is 0 Å². The predicted octanol–water partition coefficient (Wildman–Crippen LogP) is 5.02. The maximum absolute atomic E-state index is 4.72. The molecule has 3 aromatic carbocycles. The fourth-order valence-corrected chi connectivity index (χ4v) is 3.25. The Kier molecular flexibility index (Phi) is 1.98. The number of hydrogen-bond donors (Lipinski definition) is 1. The fourth-order valence-electron chi connectivity index (χ4n) is 3.25. The first-order valence-electron chi connectivity index (χ1n) is 7.09. The van der Waals surface area contributed by atoms with Crippen molar-refractivity contribution in [1.29, 1.82) is 0 Å². The van der Waals surface area contributed by atoms with Gasteiger partial charge in [-0.15, -0.1) is 0 Å². The highest BCUT2D eigenvalue weighted by Gasteiger charge is 2.11. The number of hydrogen-bond acceptors (Lipinski definition) is 1. The number of nitrogens with one attached hydrogen (secondary N) is 1. The van der Waals surface area contributed by atoms with Crippen molar-refractivity contribution < 1.29 is 0 Å². The van der Waals surface area contributed by atoms with Crippen LogP contribution in [0.1, 0.15) is 0 Å². The number of benzene rings is 3. The number of aromatic nitrogens is 2. The van der Waals surface area contributed by atoms with Crippen LogP contribution in [0.2, 0.25) is 0 Å². The lowest BCUT2D eigenvalue weighted by Gasteiger charge is -2.00. The van der Waals surface area contributed by atoms with Gasteiger partial charge < -0.3 is 4.98 Å². The van der Waals surface area contributed by atoms with Crippen LogP contribution < -0.4 is 0 Å². The first kappa shape index (κ1) is 10.9. The third kappa shape index (κ3) is 1.39. The van der Waals surface area contributed by atoms with E-state index < -0.39 is 0 Å². The van der Waals surface area contributed by atoms with E-state index in [0.717, 1.165) is 16.6 Å². The van der Waals surface area contributed by atoms with Gasteiger partial charge in [-0.05, 0) is 16.8 Å². The van der Waals surface area contributed by atoms with E-state index in [1.807, 2.05) is 12.3 Å². The molecule has 1 N–H and O–H groups in total. The second-order valence-electron chi connectivity index (χ2n) is 5.40. The third-order valence-corrected chi connectivity index (χ3v) is 4.23. The normalized spacial score (nSPS) is 11.8. The molecule has 0 atom stereocenters. The summed E-state index contributed by atoms with van der Waals surface area (Å²) in [6, 6.07) is 21.2. The molecule has 2 aromatic heterocycles. The minimum Gasteiger partial charge on any atom is -0.353 e. The van der Waals surface area contributed by atoms with E-state index in [1.165, 1.54) is 26.9 Å². The first-order chi connectivity index (χ1) is 10.4. The summed E-state index contributed by atoms with van der Waals surface area (Å²) < 4.78 is 0. The molecule has 2 nitrogen and oxygen atoms in total. The highest BCUT2D eigenvalue weighted by Crippen LogP contribution is 2.33. The number of fused-ring (bicyclic) bond motifs is 7. The van der Waals surface area contributed by atoms with E-state index in [2.05, 4.69) is 59.6 Å². The molecule has 0 unspecified atom stereocenters. The lowest BCUT2D eigenvalue weighted by Crippen LogP contribution is -1.79. The Morgan fingerprint density at radius 1 is 0.714 bits per heavy atom. The van der Waals surface area contributed by atoms with E-state index in [9.17, 15) is 0 Å². The molecule has 0 saturated heterocycles. The van der Waals surface area contributed by atoms with E-state index >= 15 is 0 Å². The van der Waals surface area contributed by atoms with Crippen molar-refractivity contribution in [3.8, 4) is 0 Å². The van der Waals surface area contributed by atoms with E-state index in [1.54, 1.807) is 0 Å². The van der Waals surface area contributed by atoms with Crippen molar-refractivity contribution in [2.45, 2.75) is 0 Å². The van der Waals surface area contributed by atoms with Crippen molar-refractivity contribution in [2.75, 3.05) is 0 Å². The molecule has 2 heterocycles. The monoisotopic (exact) mass is 268 g/mol. The van der Waals surface area contributed by atoms with Crippen LogP contribution in [-0.2, 0) is 0 Å². The van der Waals surface area contributed by atoms with Gasteiger partial charge in [-0.25, -0.2) is 0 Å². The zero-order valence-corrected chi connectivity index (χ0v) is 11.3. The Hall–Kier alpha value is -2.87. The van der Waals surface area contributed by atoms with Gasteiger partial charge in [0.1, 0.15) is 0 Å². The van der Waals surface area contributed by atoms with E-state index in [4.69, 9.17) is 4.98 Å². The molecule has 0 spiro atoms. The first-order valence-corrected chi connectivity index (χ1v) is 7.09. The molecule has 5 rings (SSSR count). The largest absolute Gasteiger partial charge is 0.353 e. The fraction of sp³-hybridized carbons (Fsp3) is 0. The molecule has 5 aromatic rings. The van der Waals surface area contributed by atoms with Crippen LogP contribution in [0.25, 0.3) is 43.5 Å². The number of pyridine rings is 1. The topological polar surface area (TPSA) is 28.7 Å². The number of H-pyrrole nitrogens is 1. The van der Waals surface area contributed by atoms with Gasteiger partial charge in [0.15, 0.2) is 0 Å². The smallest absolute Gasteiger partial charge is 0.0970 e. The van der Waals surface area contributed by atoms with Crippen LogP contribution in [0.15, 0.2) is 66.9 Å². The predicted molar refractivity (Wildman–Crippen MR) is 88.6 cm³/mol. The molecule has 0 bridgehead atoms. The number of nitrogens with zero attached hydrogens (tertiary/aromatic N) is 1. The Balaban J connectivity index is 2.11. The minimum absolute atomic E-state index is 1.06. The van der Waals surface area contributed by atoms with Gasteiger partial charge in [0.2, 0.25) is 0 Å². The summed E-state index contributed by atoms with van der Waals surface area (Å²) in [5, 5.41) is 6.11. The third-order valence-electron chi connectivity index (χ3n) is 4.23. The number of rotatable bonds is 0. The molecular weight excluding hydrogens is 256 g/mol. The molecular formula is C19H12N2. The quantitative estimate of drug-likeness (QED) is 0.419. The van der Waals surface area contributed by atoms with Crippen LogP contribution in [0.5, 0.6) is 0 Å². The molecule has 2 heteroatoms. The lowest BCUT2D eigenvalue weighted by molar-refractivity contribution is 1.45. The van der Waals surface area contributed by atoms with Gasteiger partial charge >= 0.3 is 0 Å². The van der Waals surface area contributed by atoms with Gasteiger partial charge in [-0.3, -0.25) is 4.98 Å². The molecule has 21 heavy (non-hydrogen) atoms. The second kappa shape index (κ2) is 3.83. The molecule has 0 aliphatic rings. The summed E-state index contributed by atoms with van der Waals surface area (Å²) in [5.41, 5.74) is 3.33. The van der Waals surface area contributed by atoms with Gasteiger partial charge in [-0.2, -0.15) is 0 Å². The Morgan fingerprint density at radius 2 is 1.48 bits per heavy atom. The van der Waals surface area contributed by atoms with Crippen LogP contribution in [0.3, 0.4) is 0 Å². The van der Waals surface area contributed by atoms with Crippen LogP contribution in [0, 0.1) is 0 Å².